The van der Waals surface area contributed by atoms with E-state index >= 15 is 0 Å². The van der Waals surface area contributed by atoms with Crippen molar-refractivity contribution in [3.63, 3.8) is 0 Å². The normalized spacial score (nSPS) is 22.0. The number of carbonyl (C=O) groups is 1. The van der Waals surface area contributed by atoms with E-state index in [-0.39, 0.29) is 11.7 Å². The zero-order valence-electron chi connectivity index (χ0n) is 12.7. The van der Waals surface area contributed by atoms with Gasteiger partial charge in [-0.05, 0) is 0 Å². The van der Waals surface area contributed by atoms with Crippen LogP contribution in [0.1, 0.15) is 5.56 Å². The van der Waals surface area contributed by atoms with E-state index in [9.17, 15) is 9.18 Å². The minimum atomic E-state index is -1.95. The molecule has 1 amide bonds. The Morgan fingerprint density at radius 1 is 1.36 bits per heavy atom. The first-order valence-electron chi connectivity index (χ1n) is 7.57. The van der Waals surface area contributed by atoms with Gasteiger partial charge in [0.1, 0.15) is 0 Å². The molecule has 1 aromatic rings. The van der Waals surface area contributed by atoms with E-state index in [0.29, 0.717) is 13.1 Å². The van der Waals surface area contributed by atoms with Gasteiger partial charge < -0.3 is 0 Å². The SMILES string of the molecule is C[PH]1(CN2CCN(C(=O)CO)CC2)Cc2cc(F)ccc2O1. The van der Waals surface area contributed by atoms with Crippen LogP contribution in [-0.4, -0.2) is 66.6 Å². The van der Waals surface area contributed by atoms with Crippen molar-refractivity contribution in [2.45, 2.75) is 6.16 Å². The molecule has 0 unspecified atom stereocenters. The Hall–Kier alpha value is -1.23. The molecule has 0 radical (unpaired) electrons. The van der Waals surface area contributed by atoms with Crippen LogP contribution in [0.2, 0.25) is 0 Å². The Labute approximate surface area is 130 Å². The van der Waals surface area contributed by atoms with E-state index in [1.807, 2.05) is 0 Å². The summed E-state index contributed by atoms with van der Waals surface area (Å²) in [6.07, 6.45) is 1.71. The number of hydrogen-bond donors (Lipinski definition) is 1. The number of hydrogen-bond acceptors (Lipinski definition) is 4. The van der Waals surface area contributed by atoms with Crippen molar-refractivity contribution >= 4 is 13.4 Å². The van der Waals surface area contributed by atoms with E-state index in [1.165, 1.54) is 6.07 Å². The molecule has 122 valence electrons. The van der Waals surface area contributed by atoms with Crippen LogP contribution < -0.4 is 4.52 Å². The molecular weight excluding hydrogens is 306 g/mol. The van der Waals surface area contributed by atoms with E-state index in [2.05, 4.69) is 11.6 Å². The molecule has 7 heteroatoms. The fourth-order valence-electron chi connectivity index (χ4n) is 3.31. The number of fused-ring (bicyclic) bond motifs is 1. The van der Waals surface area contributed by atoms with Gasteiger partial charge in [-0.1, -0.05) is 0 Å². The molecule has 1 aromatic carbocycles. The van der Waals surface area contributed by atoms with Crippen molar-refractivity contribution < 1.29 is 18.8 Å². The summed E-state index contributed by atoms with van der Waals surface area (Å²) >= 11 is 0. The van der Waals surface area contributed by atoms with Crippen molar-refractivity contribution in [3.05, 3.63) is 29.6 Å². The molecule has 1 saturated heterocycles. The van der Waals surface area contributed by atoms with Crippen LogP contribution in [0.15, 0.2) is 18.2 Å². The third-order valence-corrected chi connectivity index (χ3v) is 7.32. The topological polar surface area (TPSA) is 53.0 Å². The van der Waals surface area contributed by atoms with E-state index in [1.54, 1.807) is 17.0 Å². The van der Waals surface area contributed by atoms with Gasteiger partial charge in [0.2, 0.25) is 0 Å². The summed E-state index contributed by atoms with van der Waals surface area (Å²) in [4.78, 5) is 15.5. The van der Waals surface area contributed by atoms with Gasteiger partial charge in [0.05, 0.1) is 0 Å². The standard InChI is InChI=1S/C15H22FN2O3P/c1-22(10-12-8-13(16)2-3-14(12)21-22)11-17-4-6-18(7-5-17)15(20)9-19/h2-3,8,19,22H,4-7,9-11H2,1H3. The minimum absolute atomic E-state index is 0.205. The van der Waals surface area contributed by atoms with Gasteiger partial charge in [-0.3, -0.25) is 0 Å². The second-order valence-corrected chi connectivity index (χ2v) is 10.1. The average Bonchev–Trinajstić information content (AvgIpc) is 2.82. The zero-order valence-corrected chi connectivity index (χ0v) is 13.7. The van der Waals surface area contributed by atoms with Crippen LogP contribution in [0.25, 0.3) is 0 Å². The number of carbonyl (C=O) groups excluding carboxylic acids is 1. The molecule has 0 bridgehead atoms. The van der Waals surface area contributed by atoms with Gasteiger partial charge in [0.15, 0.2) is 0 Å². The predicted molar refractivity (Wildman–Crippen MR) is 85.1 cm³/mol. The molecule has 1 N–H and O–H groups in total. The molecule has 2 aliphatic heterocycles. The Balaban J connectivity index is 1.58. The molecule has 0 atom stereocenters. The number of aliphatic hydroxyl groups excluding tert-OH is 1. The molecule has 0 saturated carbocycles. The summed E-state index contributed by atoms with van der Waals surface area (Å²) in [6, 6.07) is 4.74. The maximum atomic E-state index is 13.3. The molecule has 0 aromatic heterocycles. The predicted octanol–water partition coefficient (Wildman–Crippen LogP) is 1.11. The molecule has 2 aliphatic rings. The van der Waals surface area contributed by atoms with Crippen LogP contribution in [0.3, 0.4) is 0 Å². The number of amides is 1. The fraction of sp³-hybridized carbons (Fsp3) is 0.533. The molecule has 2 heterocycles. The number of nitrogens with zero attached hydrogens (tertiary/aromatic N) is 2. The van der Waals surface area contributed by atoms with Gasteiger partial charge in [-0.15, -0.1) is 0 Å². The van der Waals surface area contributed by atoms with Crippen molar-refractivity contribution in [2.75, 3.05) is 45.7 Å². The van der Waals surface area contributed by atoms with Crippen molar-refractivity contribution in [1.29, 1.82) is 0 Å². The van der Waals surface area contributed by atoms with E-state index in [0.717, 1.165) is 36.9 Å². The first-order valence-corrected chi connectivity index (χ1v) is 10.4. The van der Waals surface area contributed by atoms with Gasteiger partial charge in [-0.2, -0.15) is 0 Å². The Kier molecular flexibility index (Phi) is 4.35. The summed E-state index contributed by atoms with van der Waals surface area (Å²) in [6.45, 7) is 4.63. The first-order chi connectivity index (χ1) is 10.5. The molecular formula is C15H22FN2O3P. The molecule has 0 spiro atoms. The molecule has 0 aliphatic carbocycles. The quantitative estimate of drug-likeness (QED) is 0.845. The summed E-state index contributed by atoms with van der Waals surface area (Å²) in [5.41, 5.74) is 0.975. The first kappa shape index (κ1) is 15.7. The Bertz CT molecular complexity index is 578. The molecule has 1 fully saturated rings. The Morgan fingerprint density at radius 3 is 2.77 bits per heavy atom. The van der Waals surface area contributed by atoms with Gasteiger partial charge in [0.25, 0.3) is 0 Å². The average molecular weight is 328 g/mol. The van der Waals surface area contributed by atoms with Gasteiger partial charge in [-0.25, -0.2) is 0 Å². The van der Waals surface area contributed by atoms with Crippen molar-refractivity contribution in [3.8, 4) is 5.75 Å². The van der Waals surface area contributed by atoms with Crippen LogP contribution in [0.4, 0.5) is 4.39 Å². The number of rotatable bonds is 3. The molecule has 3 rings (SSSR count). The second-order valence-electron chi connectivity index (χ2n) is 6.30. The fourth-order valence-corrected chi connectivity index (χ4v) is 6.63. The number of halogens is 1. The Morgan fingerprint density at radius 2 is 2.09 bits per heavy atom. The van der Waals surface area contributed by atoms with Gasteiger partial charge in [0, 0.05) is 0 Å². The summed E-state index contributed by atoms with van der Waals surface area (Å²) in [5, 5.41) is 8.90. The third-order valence-electron chi connectivity index (χ3n) is 4.36. The summed E-state index contributed by atoms with van der Waals surface area (Å²) in [5.74, 6) is 0.407. The number of benzene rings is 1. The van der Waals surface area contributed by atoms with Crippen molar-refractivity contribution in [1.82, 2.24) is 9.80 Å². The maximum absolute atomic E-state index is 13.3. The molecule has 22 heavy (non-hydrogen) atoms. The van der Waals surface area contributed by atoms with Gasteiger partial charge >= 0.3 is 129 Å². The monoisotopic (exact) mass is 328 g/mol. The van der Waals surface area contributed by atoms with Crippen LogP contribution in [-0.2, 0) is 11.0 Å². The number of aliphatic hydroxyl groups is 1. The molecule has 5 nitrogen and oxygen atoms in total. The zero-order chi connectivity index (χ0) is 15.7. The summed E-state index contributed by atoms with van der Waals surface area (Å²) in [7, 11) is -1.95. The third kappa shape index (κ3) is 3.24. The summed E-state index contributed by atoms with van der Waals surface area (Å²) < 4.78 is 19.5. The second kappa shape index (κ2) is 6.11. The van der Waals surface area contributed by atoms with Crippen LogP contribution in [0, 0.1) is 5.82 Å². The van der Waals surface area contributed by atoms with E-state index in [4.69, 9.17) is 9.63 Å². The van der Waals surface area contributed by atoms with Crippen molar-refractivity contribution in [2.24, 2.45) is 0 Å². The van der Waals surface area contributed by atoms with Crippen LogP contribution >= 0.6 is 7.49 Å². The van der Waals surface area contributed by atoms with E-state index < -0.39 is 14.1 Å². The van der Waals surface area contributed by atoms with Crippen LogP contribution in [0.5, 0.6) is 5.75 Å². The number of piperazine rings is 1.